The third-order valence-corrected chi connectivity index (χ3v) is 2.95. The molecule has 6 heteroatoms. The number of hydrogen-bond acceptors (Lipinski definition) is 4. The molecule has 0 unspecified atom stereocenters. The predicted molar refractivity (Wildman–Crippen MR) is 71.0 cm³/mol. The molecule has 1 aromatic carbocycles. The number of carbonyl (C=O) groups excluding carboxylic acids is 1. The minimum atomic E-state index is -0.748. The molecule has 2 rings (SSSR count). The van der Waals surface area contributed by atoms with Crippen LogP contribution in [-0.4, -0.2) is 21.7 Å². The van der Waals surface area contributed by atoms with Crippen LogP contribution in [0.5, 0.6) is 0 Å². The van der Waals surface area contributed by atoms with Crippen LogP contribution < -0.4 is 0 Å². The number of ketones is 1. The first-order chi connectivity index (χ1) is 9.11. The smallest absolute Gasteiger partial charge is 0.215 e. The third-order valence-electron chi connectivity index (χ3n) is 2.42. The summed E-state index contributed by atoms with van der Waals surface area (Å²) in [5, 5.41) is 11.9. The molecule has 1 heterocycles. The summed E-state index contributed by atoms with van der Waals surface area (Å²) in [4.78, 5) is 15.5. The monoisotopic (exact) mass is 322 g/mol. The molecule has 0 amide bonds. The third kappa shape index (κ3) is 3.03. The zero-order valence-electron chi connectivity index (χ0n) is 9.55. The molecule has 0 spiro atoms. The summed E-state index contributed by atoms with van der Waals surface area (Å²) in [5.74, 6) is -1.25. The van der Waals surface area contributed by atoms with Gasteiger partial charge in [0.2, 0.25) is 11.7 Å². The van der Waals surface area contributed by atoms with Gasteiger partial charge < -0.3 is 5.21 Å². The first-order valence-corrected chi connectivity index (χ1v) is 6.05. The van der Waals surface area contributed by atoms with E-state index in [0.717, 1.165) is 10.5 Å². The van der Waals surface area contributed by atoms with Crippen LogP contribution in [0, 0.1) is 5.95 Å². The number of oxime groups is 1. The van der Waals surface area contributed by atoms with Crippen LogP contribution in [0.1, 0.15) is 15.9 Å². The van der Waals surface area contributed by atoms with E-state index in [0.29, 0.717) is 5.56 Å². The van der Waals surface area contributed by atoms with Gasteiger partial charge in [0, 0.05) is 27.9 Å². The van der Waals surface area contributed by atoms with Gasteiger partial charge in [-0.05, 0) is 30.3 Å². The molecule has 0 aliphatic carbocycles. The molecule has 0 atom stereocenters. The van der Waals surface area contributed by atoms with E-state index in [1.165, 1.54) is 12.3 Å². The number of aromatic nitrogens is 1. The summed E-state index contributed by atoms with van der Waals surface area (Å²) in [5.41, 5.74) is 0.278. The highest BCUT2D eigenvalue weighted by molar-refractivity contribution is 9.10. The second-order valence-corrected chi connectivity index (χ2v) is 4.57. The standard InChI is InChI=1S/C13H8BrFN2O2/c14-10-3-1-8(2-4-10)13(18)12(17-19)9-5-6-16-11(15)7-9/h1-7,19H/b17-12+. The highest BCUT2D eigenvalue weighted by Crippen LogP contribution is 2.13. The number of halogens is 2. The van der Waals surface area contributed by atoms with Gasteiger partial charge in [-0.25, -0.2) is 4.98 Å². The van der Waals surface area contributed by atoms with Gasteiger partial charge in [0.05, 0.1) is 0 Å². The maximum absolute atomic E-state index is 13.0. The second kappa shape index (κ2) is 5.71. The highest BCUT2D eigenvalue weighted by atomic mass is 79.9. The quantitative estimate of drug-likeness (QED) is 0.310. The summed E-state index contributed by atoms with van der Waals surface area (Å²) >= 11 is 3.25. The SMILES string of the molecule is O=C(/C(=N/O)c1ccnc(F)c1)c1ccc(Br)cc1. The Hall–Kier alpha value is -2.08. The number of Topliss-reactive ketones (excluding diaryl/α,β-unsaturated/α-hetero) is 1. The van der Waals surface area contributed by atoms with Crippen molar-refractivity contribution in [2.45, 2.75) is 0 Å². The summed E-state index contributed by atoms with van der Waals surface area (Å²) < 4.78 is 13.8. The Morgan fingerprint density at radius 1 is 1.21 bits per heavy atom. The van der Waals surface area contributed by atoms with Crippen molar-refractivity contribution < 1.29 is 14.4 Å². The topological polar surface area (TPSA) is 62.5 Å². The van der Waals surface area contributed by atoms with E-state index in [-0.39, 0.29) is 11.3 Å². The van der Waals surface area contributed by atoms with Gasteiger partial charge >= 0.3 is 0 Å². The van der Waals surface area contributed by atoms with Crippen LogP contribution in [0.25, 0.3) is 0 Å². The number of pyridine rings is 1. The number of nitrogens with zero attached hydrogens (tertiary/aromatic N) is 2. The van der Waals surface area contributed by atoms with Crippen molar-refractivity contribution in [2.75, 3.05) is 0 Å². The van der Waals surface area contributed by atoms with Crippen LogP contribution in [0.4, 0.5) is 4.39 Å². The Labute approximate surface area is 116 Å². The molecular formula is C13H8BrFN2O2. The molecule has 0 saturated heterocycles. The van der Waals surface area contributed by atoms with Crippen LogP contribution in [0.2, 0.25) is 0 Å². The molecule has 0 aliphatic heterocycles. The first kappa shape index (κ1) is 13.4. The van der Waals surface area contributed by atoms with Crippen molar-refractivity contribution >= 4 is 27.4 Å². The van der Waals surface area contributed by atoms with E-state index in [1.54, 1.807) is 24.3 Å². The average Bonchev–Trinajstić information content (AvgIpc) is 2.40. The molecule has 96 valence electrons. The van der Waals surface area contributed by atoms with Crippen LogP contribution in [0.15, 0.2) is 52.2 Å². The van der Waals surface area contributed by atoms with Crippen molar-refractivity contribution in [1.82, 2.24) is 4.98 Å². The Kier molecular flexibility index (Phi) is 4.01. The minimum Gasteiger partial charge on any atom is -0.410 e. The lowest BCUT2D eigenvalue weighted by Crippen LogP contribution is -2.16. The van der Waals surface area contributed by atoms with Crippen molar-refractivity contribution in [3.8, 4) is 0 Å². The molecule has 0 fully saturated rings. The summed E-state index contributed by atoms with van der Waals surface area (Å²) in [6.07, 6.45) is 1.20. The van der Waals surface area contributed by atoms with Crippen LogP contribution in [-0.2, 0) is 0 Å². The Bertz CT molecular complexity index is 641. The zero-order valence-corrected chi connectivity index (χ0v) is 11.1. The summed E-state index contributed by atoms with van der Waals surface area (Å²) in [6.45, 7) is 0. The predicted octanol–water partition coefficient (Wildman–Crippen LogP) is 3.04. The number of carbonyl (C=O) groups is 1. The summed E-state index contributed by atoms with van der Waals surface area (Å²) in [7, 11) is 0. The zero-order chi connectivity index (χ0) is 13.8. The highest BCUT2D eigenvalue weighted by Gasteiger charge is 2.17. The van der Waals surface area contributed by atoms with Gasteiger partial charge in [-0.3, -0.25) is 4.79 Å². The van der Waals surface area contributed by atoms with E-state index in [9.17, 15) is 9.18 Å². The number of rotatable bonds is 3. The molecule has 0 aliphatic rings. The van der Waals surface area contributed by atoms with Gasteiger partial charge in [-0.15, -0.1) is 0 Å². The van der Waals surface area contributed by atoms with Gasteiger partial charge in [0.25, 0.3) is 0 Å². The number of hydrogen-bond donors (Lipinski definition) is 1. The van der Waals surface area contributed by atoms with E-state index in [1.807, 2.05) is 0 Å². The average molecular weight is 323 g/mol. The molecule has 0 radical (unpaired) electrons. The maximum atomic E-state index is 13.0. The van der Waals surface area contributed by atoms with E-state index >= 15 is 0 Å². The van der Waals surface area contributed by atoms with Crippen LogP contribution in [0.3, 0.4) is 0 Å². The summed E-state index contributed by atoms with van der Waals surface area (Å²) in [6, 6.07) is 8.97. The Morgan fingerprint density at radius 2 is 1.89 bits per heavy atom. The first-order valence-electron chi connectivity index (χ1n) is 5.26. The molecular weight excluding hydrogens is 315 g/mol. The Balaban J connectivity index is 2.38. The van der Waals surface area contributed by atoms with Gasteiger partial charge in [0.15, 0.2) is 5.71 Å². The molecule has 19 heavy (non-hydrogen) atoms. The lowest BCUT2D eigenvalue weighted by Gasteiger charge is -2.04. The van der Waals surface area contributed by atoms with Crippen molar-refractivity contribution in [1.29, 1.82) is 0 Å². The van der Waals surface area contributed by atoms with E-state index < -0.39 is 11.7 Å². The number of benzene rings is 1. The molecule has 1 aromatic heterocycles. The largest absolute Gasteiger partial charge is 0.410 e. The molecule has 0 saturated carbocycles. The van der Waals surface area contributed by atoms with Crippen molar-refractivity contribution in [3.05, 3.63) is 64.1 Å². The fourth-order valence-electron chi connectivity index (χ4n) is 1.52. The Morgan fingerprint density at radius 3 is 2.47 bits per heavy atom. The second-order valence-electron chi connectivity index (χ2n) is 3.65. The van der Waals surface area contributed by atoms with E-state index in [2.05, 4.69) is 26.1 Å². The fraction of sp³-hybridized carbons (Fsp3) is 0. The van der Waals surface area contributed by atoms with Crippen molar-refractivity contribution in [3.63, 3.8) is 0 Å². The lowest BCUT2D eigenvalue weighted by atomic mass is 10.0. The fourth-order valence-corrected chi connectivity index (χ4v) is 1.79. The van der Waals surface area contributed by atoms with Crippen LogP contribution >= 0.6 is 15.9 Å². The molecule has 1 N–H and O–H groups in total. The van der Waals surface area contributed by atoms with Gasteiger partial charge in [-0.1, -0.05) is 21.1 Å². The van der Waals surface area contributed by atoms with Gasteiger partial charge in [-0.2, -0.15) is 4.39 Å². The van der Waals surface area contributed by atoms with Crippen molar-refractivity contribution in [2.24, 2.45) is 5.16 Å². The minimum absolute atomic E-state index is 0.169. The lowest BCUT2D eigenvalue weighted by molar-refractivity contribution is 0.106. The molecule has 0 bridgehead atoms. The normalized spacial score (nSPS) is 11.4. The van der Waals surface area contributed by atoms with E-state index in [4.69, 9.17) is 5.21 Å². The maximum Gasteiger partial charge on any atom is 0.215 e. The molecule has 2 aromatic rings. The van der Waals surface area contributed by atoms with Gasteiger partial charge in [0.1, 0.15) is 0 Å². The molecule has 4 nitrogen and oxygen atoms in total.